The van der Waals surface area contributed by atoms with Crippen molar-refractivity contribution in [1.82, 2.24) is 4.98 Å². The maximum atomic E-state index is 6.21. The van der Waals surface area contributed by atoms with E-state index in [-0.39, 0.29) is 0 Å². The van der Waals surface area contributed by atoms with Crippen LogP contribution >= 0.6 is 27.5 Å². The van der Waals surface area contributed by atoms with Gasteiger partial charge < -0.3 is 4.74 Å². The van der Waals surface area contributed by atoms with Crippen LogP contribution in [0.5, 0.6) is 11.6 Å². The van der Waals surface area contributed by atoms with E-state index in [9.17, 15) is 0 Å². The number of benzene rings is 2. The van der Waals surface area contributed by atoms with E-state index < -0.39 is 0 Å². The molecule has 1 aromatic heterocycles. The Kier molecular flexibility index (Phi) is 3.64. The minimum Gasteiger partial charge on any atom is -0.437 e. The molecule has 1 heterocycles. The Morgan fingerprint density at radius 1 is 1.05 bits per heavy atom. The molecular formula is C16H11BrClNO. The Labute approximate surface area is 130 Å². The van der Waals surface area contributed by atoms with Crippen LogP contribution in [0.4, 0.5) is 0 Å². The van der Waals surface area contributed by atoms with Gasteiger partial charge in [-0.05, 0) is 46.6 Å². The van der Waals surface area contributed by atoms with Gasteiger partial charge in [0.15, 0.2) is 0 Å². The molecule has 0 saturated carbocycles. The minimum absolute atomic E-state index is 0.553. The molecule has 0 aliphatic heterocycles. The fraction of sp³-hybridized carbons (Fsp3) is 0.0625. The zero-order valence-electron chi connectivity index (χ0n) is 10.7. The standard InChI is InChI=1S/C16H11BrClNO/c1-10-8-9-19-16(15(10)17)20-14-7-6-13(18)11-4-2-3-5-12(11)14/h2-9H,1H3. The highest BCUT2D eigenvalue weighted by Gasteiger charge is 2.10. The van der Waals surface area contributed by atoms with E-state index in [4.69, 9.17) is 16.3 Å². The quantitative estimate of drug-likeness (QED) is 0.588. The predicted octanol–water partition coefficient (Wildman–Crippen LogP) is 5.75. The van der Waals surface area contributed by atoms with Gasteiger partial charge in [0.1, 0.15) is 5.75 Å². The van der Waals surface area contributed by atoms with Crippen LogP contribution in [0.3, 0.4) is 0 Å². The summed E-state index contributed by atoms with van der Waals surface area (Å²) in [6, 6.07) is 13.5. The molecule has 0 spiro atoms. The lowest BCUT2D eigenvalue weighted by Gasteiger charge is -2.11. The summed E-state index contributed by atoms with van der Waals surface area (Å²) in [5.41, 5.74) is 1.08. The maximum absolute atomic E-state index is 6.21. The third-order valence-electron chi connectivity index (χ3n) is 3.09. The lowest BCUT2D eigenvalue weighted by molar-refractivity contribution is 0.464. The zero-order chi connectivity index (χ0) is 14.1. The van der Waals surface area contributed by atoms with E-state index in [1.807, 2.05) is 49.4 Å². The third kappa shape index (κ3) is 2.39. The van der Waals surface area contributed by atoms with Crippen molar-refractivity contribution in [2.24, 2.45) is 0 Å². The summed E-state index contributed by atoms with van der Waals surface area (Å²) in [4.78, 5) is 4.26. The number of rotatable bonds is 2. The second kappa shape index (κ2) is 5.43. The molecule has 0 bridgehead atoms. The molecule has 100 valence electrons. The van der Waals surface area contributed by atoms with Gasteiger partial charge in [0.2, 0.25) is 5.88 Å². The van der Waals surface area contributed by atoms with Crippen LogP contribution < -0.4 is 4.74 Å². The van der Waals surface area contributed by atoms with Gasteiger partial charge in [0.05, 0.1) is 4.47 Å². The summed E-state index contributed by atoms with van der Waals surface area (Å²) >= 11 is 9.71. The minimum atomic E-state index is 0.553. The number of hydrogen-bond donors (Lipinski definition) is 0. The number of hydrogen-bond acceptors (Lipinski definition) is 2. The van der Waals surface area contributed by atoms with Crippen molar-refractivity contribution in [2.75, 3.05) is 0 Å². The van der Waals surface area contributed by atoms with Crippen molar-refractivity contribution in [2.45, 2.75) is 6.92 Å². The molecule has 0 unspecified atom stereocenters. The number of halogens is 2. The molecule has 0 N–H and O–H groups in total. The summed E-state index contributed by atoms with van der Waals surface area (Å²) in [6.45, 7) is 2.00. The highest BCUT2D eigenvalue weighted by Crippen LogP contribution is 2.36. The molecule has 0 aliphatic rings. The van der Waals surface area contributed by atoms with Crippen LogP contribution in [0.15, 0.2) is 53.1 Å². The fourth-order valence-electron chi connectivity index (χ4n) is 2.01. The number of ether oxygens (including phenoxy) is 1. The van der Waals surface area contributed by atoms with Crippen molar-refractivity contribution in [1.29, 1.82) is 0 Å². The molecule has 0 radical (unpaired) electrons. The monoisotopic (exact) mass is 347 g/mol. The maximum Gasteiger partial charge on any atom is 0.233 e. The van der Waals surface area contributed by atoms with Crippen LogP contribution in [0, 0.1) is 6.92 Å². The molecule has 3 rings (SSSR count). The summed E-state index contributed by atoms with van der Waals surface area (Å²) < 4.78 is 6.80. The topological polar surface area (TPSA) is 22.1 Å². The largest absolute Gasteiger partial charge is 0.437 e. The van der Waals surface area contributed by atoms with Gasteiger partial charge in [-0.1, -0.05) is 35.9 Å². The number of aromatic nitrogens is 1. The van der Waals surface area contributed by atoms with E-state index in [1.54, 1.807) is 6.20 Å². The smallest absolute Gasteiger partial charge is 0.233 e. The first-order valence-electron chi connectivity index (χ1n) is 6.13. The molecule has 0 aliphatic carbocycles. The summed E-state index contributed by atoms with van der Waals surface area (Å²) in [6.07, 6.45) is 1.73. The summed E-state index contributed by atoms with van der Waals surface area (Å²) in [7, 11) is 0. The van der Waals surface area contributed by atoms with Crippen LogP contribution in [0.1, 0.15) is 5.56 Å². The SMILES string of the molecule is Cc1ccnc(Oc2ccc(Cl)c3ccccc23)c1Br. The molecule has 0 atom stereocenters. The fourth-order valence-corrected chi connectivity index (χ4v) is 2.56. The Morgan fingerprint density at radius 3 is 2.60 bits per heavy atom. The van der Waals surface area contributed by atoms with Crippen molar-refractivity contribution >= 4 is 38.3 Å². The summed E-state index contributed by atoms with van der Waals surface area (Å²) in [5, 5.41) is 2.65. The number of aryl methyl sites for hydroxylation is 1. The van der Waals surface area contributed by atoms with Crippen LogP contribution in [0.25, 0.3) is 10.8 Å². The number of nitrogens with zero attached hydrogens (tertiary/aromatic N) is 1. The Bertz CT molecular complexity index is 789. The molecule has 4 heteroatoms. The highest BCUT2D eigenvalue weighted by molar-refractivity contribution is 9.10. The van der Waals surface area contributed by atoms with Crippen molar-refractivity contribution in [3.63, 3.8) is 0 Å². The first-order valence-corrected chi connectivity index (χ1v) is 7.30. The van der Waals surface area contributed by atoms with Crippen molar-refractivity contribution < 1.29 is 4.74 Å². The first-order chi connectivity index (χ1) is 9.66. The summed E-state index contributed by atoms with van der Waals surface area (Å²) in [5.74, 6) is 1.29. The van der Waals surface area contributed by atoms with Gasteiger partial charge >= 0.3 is 0 Å². The number of pyridine rings is 1. The van der Waals surface area contributed by atoms with Crippen molar-refractivity contribution in [3.8, 4) is 11.6 Å². The molecule has 0 amide bonds. The van der Waals surface area contributed by atoms with Gasteiger partial charge in [-0.25, -0.2) is 4.98 Å². The predicted molar refractivity (Wildman–Crippen MR) is 85.7 cm³/mol. The van der Waals surface area contributed by atoms with Gasteiger partial charge in [-0.2, -0.15) is 0 Å². The van der Waals surface area contributed by atoms with E-state index in [0.29, 0.717) is 10.9 Å². The lowest BCUT2D eigenvalue weighted by Crippen LogP contribution is -1.92. The van der Waals surface area contributed by atoms with Crippen LogP contribution in [0.2, 0.25) is 5.02 Å². The van der Waals surface area contributed by atoms with Gasteiger partial charge in [-0.15, -0.1) is 0 Å². The van der Waals surface area contributed by atoms with Gasteiger partial charge in [-0.3, -0.25) is 0 Å². The van der Waals surface area contributed by atoms with Gasteiger partial charge in [0, 0.05) is 22.0 Å². The molecular weight excluding hydrogens is 338 g/mol. The second-order valence-corrected chi connectivity index (χ2v) is 5.64. The molecule has 2 nitrogen and oxygen atoms in total. The average molecular weight is 349 g/mol. The lowest BCUT2D eigenvalue weighted by atomic mass is 10.1. The Balaban J connectivity index is 2.12. The first kappa shape index (κ1) is 13.4. The number of fused-ring (bicyclic) bond motifs is 1. The molecule has 0 saturated heterocycles. The third-order valence-corrected chi connectivity index (χ3v) is 4.38. The zero-order valence-corrected chi connectivity index (χ0v) is 13.1. The van der Waals surface area contributed by atoms with E-state index in [1.165, 1.54) is 0 Å². The van der Waals surface area contributed by atoms with E-state index >= 15 is 0 Å². The normalized spacial score (nSPS) is 10.8. The van der Waals surface area contributed by atoms with Crippen LogP contribution in [-0.4, -0.2) is 4.98 Å². The van der Waals surface area contributed by atoms with E-state index in [2.05, 4.69) is 20.9 Å². The van der Waals surface area contributed by atoms with Gasteiger partial charge in [0.25, 0.3) is 0 Å². The van der Waals surface area contributed by atoms with Crippen molar-refractivity contribution in [3.05, 3.63) is 63.7 Å². The molecule has 3 aromatic rings. The average Bonchev–Trinajstić information content (AvgIpc) is 2.47. The van der Waals surface area contributed by atoms with Crippen LogP contribution in [-0.2, 0) is 0 Å². The highest BCUT2D eigenvalue weighted by atomic mass is 79.9. The second-order valence-electron chi connectivity index (χ2n) is 4.44. The molecule has 2 aromatic carbocycles. The Hall–Kier alpha value is -1.58. The Morgan fingerprint density at radius 2 is 1.80 bits per heavy atom. The molecule has 20 heavy (non-hydrogen) atoms. The van der Waals surface area contributed by atoms with E-state index in [0.717, 1.165) is 26.6 Å². The molecule has 0 fully saturated rings.